The van der Waals surface area contributed by atoms with E-state index in [0.29, 0.717) is 57.1 Å². The van der Waals surface area contributed by atoms with Crippen molar-refractivity contribution in [2.24, 2.45) is 0 Å². The van der Waals surface area contributed by atoms with Crippen molar-refractivity contribution < 1.29 is 28.4 Å². The summed E-state index contributed by atoms with van der Waals surface area (Å²) in [4.78, 5) is 4.33. The first-order chi connectivity index (χ1) is 29.2. The van der Waals surface area contributed by atoms with Gasteiger partial charge in [0.15, 0.2) is 23.0 Å². The summed E-state index contributed by atoms with van der Waals surface area (Å²) < 4.78 is 36.2. The SMILES string of the molecule is COc1ccc2c(c1)N(c1cc(-c3ccc(C#N)c(C)c3)c(N3c4cc(OC)ccc4Oc4ccc(OC)cc43)c(-c3ccc(C#N)c(C)c3)c1)c1cc(OC)ccc1O2. The summed E-state index contributed by atoms with van der Waals surface area (Å²) >= 11 is 0. The van der Waals surface area contributed by atoms with E-state index in [-0.39, 0.29) is 0 Å². The highest BCUT2D eigenvalue weighted by Gasteiger charge is 2.34. The van der Waals surface area contributed by atoms with E-state index in [2.05, 4.69) is 34.1 Å². The predicted octanol–water partition coefficient (Wildman–Crippen LogP) is 12.6. The molecule has 0 saturated carbocycles. The van der Waals surface area contributed by atoms with Gasteiger partial charge in [-0.1, -0.05) is 24.3 Å². The van der Waals surface area contributed by atoms with Gasteiger partial charge >= 0.3 is 0 Å². The minimum Gasteiger partial charge on any atom is -0.497 e. The van der Waals surface area contributed by atoms with Crippen molar-refractivity contribution in [2.45, 2.75) is 13.8 Å². The number of hydrogen-bond acceptors (Lipinski definition) is 10. The maximum atomic E-state index is 10.0. The third-order valence-corrected chi connectivity index (χ3v) is 11.0. The average molecular weight is 791 g/mol. The lowest BCUT2D eigenvalue weighted by atomic mass is 9.90. The first-order valence-electron chi connectivity index (χ1n) is 19.1. The Morgan fingerprint density at radius 2 is 0.783 bits per heavy atom. The van der Waals surface area contributed by atoms with E-state index in [1.165, 1.54) is 0 Å². The van der Waals surface area contributed by atoms with Gasteiger partial charge in [0.05, 0.1) is 80.1 Å². The van der Waals surface area contributed by atoms with Crippen LogP contribution in [-0.2, 0) is 0 Å². The van der Waals surface area contributed by atoms with Gasteiger partial charge in [-0.15, -0.1) is 0 Å². The van der Waals surface area contributed by atoms with E-state index in [1.807, 2.05) is 123 Å². The average Bonchev–Trinajstić information content (AvgIpc) is 3.28. The molecule has 9 rings (SSSR count). The summed E-state index contributed by atoms with van der Waals surface area (Å²) in [6, 6.07) is 43.7. The quantitative estimate of drug-likeness (QED) is 0.147. The molecule has 10 heteroatoms. The third-order valence-electron chi connectivity index (χ3n) is 11.0. The summed E-state index contributed by atoms with van der Waals surface area (Å²) in [5, 5.41) is 20.1. The van der Waals surface area contributed by atoms with Crippen molar-refractivity contribution in [2.75, 3.05) is 38.2 Å². The number of rotatable bonds is 8. The molecule has 10 nitrogen and oxygen atoms in total. The molecule has 0 radical (unpaired) electrons. The molecule has 60 heavy (non-hydrogen) atoms. The summed E-state index contributed by atoms with van der Waals surface area (Å²) in [6.07, 6.45) is 0. The second-order valence-electron chi connectivity index (χ2n) is 14.4. The molecule has 2 aliphatic rings. The van der Waals surface area contributed by atoms with Crippen LogP contribution in [0.25, 0.3) is 22.3 Å². The highest BCUT2D eigenvalue weighted by Crippen LogP contribution is 2.59. The second-order valence-corrected chi connectivity index (χ2v) is 14.4. The van der Waals surface area contributed by atoms with E-state index in [1.54, 1.807) is 28.4 Å². The van der Waals surface area contributed by atoms with E-state index >= 15 is 0 Å². The molecule has 0 saturated heterocycles. The van der Waals surface area contributed by atoms with Gasteiger partial charge in [-0.25, -0.2) is 0 Å². The Hall–Kier alpha value is -8.08. The van der Waals surface area contributed by atoms with Gasteiger partial charge in [0, 0.05) is 41.1 Å². The highest BCUT2D eigenvalue weighted by atomic mass is 16.5. The molecule has 0 aliphatic carbocycles. The minimum absolute atomic E-state index is 0.575. The van der Waals surface area contributed by atoms with E-state index in [4.69, 9.17) is 28.4 Å². The number of methoxy groups -OCH3 is 4. The van der Waals surface area contributed by atoms with Crippen molar-refractivity contribution in [1.82, 2.24) is 0 Å². The predicted molar refractivity (Wildman–Crippen MR) is 232 cm³/mol. The normalized spacial score (nSPS) is 12.0. The number of nitrogens with zero attached hydrogens (tertiary/aromatic N) is 4. The molecule has 2 aliphatic heterocycles. The maximum Gasteiger partial charge on any atom is 0.151 e. The molecule has 294 valence electrons. The van der Waals surface area contributed by atoms with Crippen LogP contribution in [-0.4, -0.2) is 28.4 Å². The largest absolute Gasteiger partial charge is 0.497 e. The summed E-state index contributed by atoms with van der Waals surface area (Å²) in [7, 11) is 6.55. The van der Waals surface area contributed by atoms with E-state index in [9.17, 15) is 10.5 Å². The van der Waals surface area contributed by atoms with Crippen molar-refractivity contribution >= 4 is 34.1 Å². The van der Waals surface area contributed by atoms with Gasteiger partial charge in [0.2, 0.25) is 0 Å². The fraction of sp³-hybridized carbons (Fsp3) is 0.120. The standard InChI is InChI=1S/C50H38N4O6/c1-29-19-31(7-9-33(29)27-51)40-21-35(53-42-23-36(55-3)11-15-46(42)59-47-16-12-37(56-4)24-43(47)53)22-41(32-8-10-34(28-52)30(2)20-32)50(40)54-44-25-38(57-5)13-17-48(44)60-49-18-14-39(58-6)26-45(49)54/h7-26H,1-6H3. The number of nitriles is 2. The van der Waals surface area contributed by atoms with Gasteiger partial charge in [0.1, 0.15) is 23.0 Å². The van der Waals surface area contributed by atoms with Gasteiger partial charge in [-0.05, 0) is 109 Å². The topological polar surface area (TPSA) is 109 Å². The van der Waals surface area contributed by atoms with Crippen LogP contribution in [0.2, 0.25) is 0 Å². The third kappa shape index (κ3) is 6.28. The molecule has 7 aromatic carbocycles. The fourth-order valence-corrected chi connectivity index (χ4v) is 7.90. The fourth-order valence-electron chi connectivity index (χ4n) is 7.90. The van der Waals surface area contributed by atoms with Gasteiger partial charge in [-0.3, -0.25) is 0 Å². The molecule has 0 atom stereocenters. The van der Waals surface area contributed by atoms with Crippen LogP contribution in [0.3, 0.4) is 0 Å². The zero-order valence-electron chi connectivity index (χ0n) is 33.8. The van der Waals surface area contributed by atoms with Crippen LogP contribution in [0, 0.1) is 36.5 Å². The molecule has 0 N–H and O–H groups in total. The lowest BCUT2D eigenvalue weighted by Gasteiger charge is -2.38. The summed E-state index contributed by atoms with van der Waals surface area (Å²) in [5.41, 5.74) is 10.8. The zero-order chi connectivity index (χ0) is 41.7. The van der Waals surface area contributed by atoms with Crippen LogP contribution >= 0.6 is 0 Å². The van der Waals surface area contributed by atoms with Crippen molar-refractivity contribution in [1.29, 1.82) is 10.5 Å². The van der Waals surface area contributed by atoms with Crippen molar-refractivity contribution in [3.05, 3.63) is 144 Å². The number of aryl methyl sites for hydroxylation is 2. The Balaban J connectivity index is 1.45. The molecule has 0 amide bonds. The molecule has 2 heterocycles. The minimum atomic E-state index is 0.575. The highest BCUT2D eigenvalue weighted by molar-refractivity contribution is 6.04. The smallest absolute Gasteiger partial charge is 0.151 e. The first kappa shape index (κ1) is 37.5. The molecule has 7 aromatic rings. The molecule has 0 unspecified atom stereocenters. The Morgan fingerprint density at radius 3 is 1.10 bits per heavy atom. The van der Waals surface area contributed by atoms with Crippen LogP contribution in [0.1, 0.15) is 22.3 Å². The van der Waals surface area contributed by atoms with E-state index < -0.39 is 0 Å². The van der Waals surface area contributed by atoms with Gasteiger partial charge < -0.3 is 38.2 Å². The Morgan fingerprint density at radius 1 is 0.433 bits per heavy atom. The summed E-state index contributed by atoms with van der Waals surface area (Å²) in [5.74, 6) is 5.11. The first-order valence-corrected chi connectivity index (χ1v) is 19.1. The van der Waals surface area contributed by atoms with Crippen LogP contribution < -0.4 is 38.2 Å². The number of anilines is 6. The van der Waals surface area contributed by atoms with Crippen LogP contribution in [0.4, 0.5) is 34.1 Å². The van der Waals surface area contributed by atoms with Crippen molar-refractivity contribution in [3.8, 4) is 80.4 Å². The lowest BCUT2D eigenvalue weighted by Crippen LogP contribution is -2.20. The number of ether oxygens (including phenoxy) is 6. The number of hydrogen-bond donors (Lipinski definition) is 0. The lowest BCUT2D eigenvalue weighted by molar-refractivity contribution is 0.410. The molecule has 0 fully saturated rings. The Kier molecular flexibility index (Phi) is 9.38. The monoisotopic (exact) mass is 790 g/mol. The summed E-state index contributed by atoms with van der Waals surface area (Å²) in [6.45, 7) is 3.89. The van der Waals surface area contributed by atoms with Crippen LogP contribution in [0.15, 0.2) is 121 Å². The molecular weight excluding hydrogens is 753 g/mol. The maximum absolute atomic E-state index is 10.0. The van der Waals surface area contributed by atoms with Gasteiger partial charge in [-0.2, -0.15) is 10.5 Å². The number of benzene rings is 7. The number of fused-ring (bicyclic) bond motifs is 4. The van der Waals surface area contributed by atoms with Gasteiger partial charge in [0.25, 0.3) is 0 Å². The Labute approximate surface area is 348 Å². The molecule has 0 aromatic heterocycles. The van der Waals surface area contributed by atoms with Crippen molar-refractivity contribution in [3.63, 3.8) is 0 Å². The molecule has 0 spiro atoms. The van der Waals surface area contributed by atoms with E-state index in [0.717, 1.165) is 67.5 Å². The molecule has 0 bridgehead atoms. The second kappa shape index (κ2) is 15.0. The molecular formula is C50H38N4O6. The Bertz CT molecular complexity index is 2770. The van der Waals surface area contributed by atoms with Crippen LogP contribution in [0.5, 0.6) is 46.0 Å². The zero-order valence-corrected chi connectivity index (χ0v) is 33.8.